The van der Waals surface area contributed by atoms with E-state index in [2.05, 4.69) is 57.2 Å². The lowest BCUT2D eigenvalue weighted by atomic mass is 10.0. The van der Waals surface area contributed by atoms with Crippen molar-refractivity contribution in [2.75, 3.05) is 18.6 Å². The van der Waals surface area contributed by atoms with Gasteiger partial charge in [0.05, 0.1) is 18.8 Å². The van der Waals surface area contributed by atoms with Crippen LogP contribution in [0.4, 0.5) is 5.69 Å². The van der Waals surface area contributed by atoms with Gasteiger partial charge in [0.2, 0.25) is 0 Å². The fraction of sp³-hybridized carbons (Fsp3) is 0.294. The van der Waals surface area contributed by atoms with Gasteiger partial charge in [0.25, 0.3) is 0 Å². The van der Waals surface area contributed by atoms with Gasteiger partial charge in [-0.05, 0) is 42.7 Å². The predicted octanol–water partition coefficient (Wildman–Crippen LogP) is 4.80. The van der Waals surface area contributed by atoms with E-state index in [0.717, 1.165) is 16.8 Å². The Kier molecular flexibility index (Phi) is 3.97. The maximum Gasteiger partial charge on any atom is 0.142 e. The number of hydrogen-bond acceptors (Lipinski definition) is 2. The SMILES string of the molecule is COc1ccccc1N1CCCC1c1ccc(Br)cc1. The average molecular weight is 332 g/mol. The number of ether oxygens (including phenoxy) is 1. The van der Waals surface area contributed by atoms with Crippen LogP contribution < -0.4 is 9.64 Å². The van der Waals surface area contributed by atoms with Crippen molar-refractivity contribution in [3.05, 3.63) is 58.6 Å². The molecular formula is C17H18BrNO. The summed E-state index contributed by atoms with van der Waals surface area (Å²) in [5, 5.41) is 0. The fourth-order valence-corrected chi connectivity index (χ4v) is 3.22. The highest BCUT2D eigenvalue weighted by Gasteiger charge is 2.27. The summed E-state index contributed by atoms with van der Waals surface area (Å²) in [6.45, 7) is 1.08. The van der Waals surface area contributed by atoms with Gasteiger partial charge < -0.3 is 9.64 Å². The molecule has 1 atom stereocenters. The van der Waals surface area contributed by atoms with Crippen molar-refractivity contribution in [2.45, 2.75) is 18.9 Å². The van der Waals surface area contributed by atoms with Crippen LogP contribution in [0.5, 0.6) is 5.75 Å². The summed E-state index contributed by atoms with van der Waals surface area (Å²) in [6.07, 6.45) is 2.42. The van der Waals surface area contributed by atoms with Crippen LogP contribution in [0.15, 0.2) is 53.0 Å². The third-order valence-electron chi connectivity index (χ3n) is 3.90. The zero-order valence-electron chi connectivity index (χ0n) is 11.6. The van der Waals surface area contributed by atoms with Crippen LogP contribution in [0.2, 0.25) is 0 Å². The Hall–Kier alpha value is -1.48. The van der Waals surface area contributed by atoms with Crippen molar-refractivity contribution < 1.29 is 4.74 Å². The number of benzene rings is 2. The van der Waals surface area contributed by atoms with Gasteiger partial charge >= 0.3 is 0 Å². The minimum absolute atomic E-state index is 0.444. The monoisotopic (exact) mass is 331 g/mol. The lowest BCUT2D eigenvalue weighted by Crippen LogP contribution is -2.22. The second kappa shape index (κ2) is 5.88. The van der Waals surface area contributed by atoms with Crippen molar-refractivity contribution in [1.29, 1.82) is 0 Å². The molecule has 0 aliphatic carbocycles. The molecular weight excluding hydrogens is 314 g/mol. The molecule has 1 aliphatic heterocycles. The highest BCUT2D eigenvalue weighted by molar-refractivity contribution is 9.10. The van der Waals surface area contributed by atoms with E-state index in [9.17, 15) is 0 Å². The second-order valence-electron chi connectivity index (χ2n) is 5.07. The Bertz CT molecular complexity index is 582. The van der Waals surface area contributed by atoms with Gasteiger partial charge in [0.1, 0.15) is 5.75 Å². The average Bonchev–Trinajstić information content (AvgIpc) is 2.97. The largest absolute Gasteiger partial charge is 0.495 e. The number of anilines is 1. The van der Waals surface area contributed by atoms with E-state index in [-0.39, 0.29) is 0 Å². The summed E-state index contributed by atoms with van der Waals surface area (Å²) in [7, 11) is 1.74. The summed E-state index contributed by atoms with van der Waals surface area (Å²) in [4.78, 5) is 2.46. The van der Waals surface area contributed by atoms with Gasteiger partial charge in [-0.3, -0.25) is 0 Å². The maximum atomic E-state index is 5.51. The van der Waals surface area contributed by atoms with Crippen molar-refractivity contribution in [3.8, 4) is 5.75 Å². The van der Waals surface area contributed by atoms with Crippen molar-refractivity contribution >= 4 is 21.6 Å². The zero-order chi connectivity index (χ0) is 13.9. The number of para-hydroxylation sites is 2. The molecule has 0 radical (unpaired) electrons. The lowest BCUT2D eigenvalue weighted by molar-refractivity contribution is 0.414. The number of rotatable bonds is 3. The van der Waals surface area contributed by atoms with Crippen LogP contribution >= 0.6 is 15.9 Å². The smallest absolute Gasteiger partial charge is 0.142 e. The highest BCUT2D eigenvalue weighted by atomic mass is 79.9. The molecule has 2 nitrogen and oxygen atoms in total. The van der Waals surface area contributed by atoms with Crippen LogP contribution in [0, 0.1) is 0 Å². The number of hydrogen-bond donors (Lipinski definition) is 0. The standard InChI is InChI=1S/C17H18BrNO/c1-20-17-7-3-2-5-16(17)19-12-4-6-15(19)13-8-10-14(18)11-9-13/h2-3,5,7-11,15H,4,6,12H2,1H3. The molecule has 1 unspecified atom stereocenters. The Labute approximate surface area is 128 Å². The molecule has 3 rings (SSSR count). The first-order chi connectivity index (χ1) is 9.79. The molecule has 1 saturated heterocycles. The van der Waals surface area contributed by atoms with E-state index in [1.54, 1.807) is 7.11 Å². The zero-order valence-corrected chi connectivity index (χ0v) is 13.1. The van der Waals surface area contributed by atoms with Gasteiger partial charge in [-0.25, -0.2) is 0 Å². The molecule has 0 N–H and O–H groups in total. The van der Waals surface area contributed by atoms with E-state index in [0.29, 0.717) is 6.04 Å². The highest BCUT2D eigenvalue weighted by Crippen LogP contribution is 2.40. The number of methoxy groups -OCH3 is 1. The Balaban J connectivity index is 1.94. The molecule has 104 valence electrons. The third-order valence-corrected chi connectivity index (χ3v) is 4.43. The predicted molar refractivity (Wildman–Crippen MR) is 86.5 cm³/mol. The van der Waals surface area contributed by atoms with E-state index in [4.69, 9.17) is 4.74 Å². The first-order valence-electron chi connectivity index (χ1n) is 6.95. The third kappa shape index (κ3) is 2.55. The minimum Gasteiger partial charge on any atom is -0.495 e. The molecule has 0 spiro atoms. The lowest BCUT2D eigenvalue weighted by Gasteiger charge is -2.28. The van der Waals surface area contributed by atoms with Crippen molar-refractivity contribution in [2.24, 2.45) is 0 Å². The first-order valence-corrected chi connectivity index (χ1v) is 7.74. The van der Waals surface area contributed by atoms with Gasteiger partial charge in [-0.1, -0.05) is 40.2 Å². The van der Waals surface area contributed by atoms with Gasteiger partial charge in [0.15, 0.2) is 0 Å². The van der Waals surface area contributed by atoms with Crippen LogP contribution in [0.3, 0.4) is 0 Å². The van der Waals surface area contributed by atoms with E-state index in [1.165, 1.54) is 24.1 Å². The summed E-state index contributed by atoms with van der Waals surface area (Å²) in [5.41, 5.74) is 2.57. The molecule has 3 heteroatoms. The molecule has 0 bridgehead atoms. The fourth-order valence-electron chi connectivity index (χ4n) is 2.95. The molecule has 0 amide bonds. The van der Waals surface area contributed by atoms with Crippen LogP contribution in [-0.2, 0) is 0 Å². The summed E-state index contributed by atoms with van der Waals surface area (Å²) in [6, 6.07) is 17.4. The van der Waals surface area contributed by atoms with Gasteiger partial charge in [-0.2, -0.15) is 0 Å². The second-order valence-corrected chi connectivity index (χ2v) is 5.99. The van der Waals surface area contributed by atoms with Crippen molar-refractivity contribution in [1.82, 2.24) is 0 Å². The first kappa shape index (κ1) is 13.5. The molecule has 20 heavy (non-hydrogen) atoms. The van der Waals surface area contributed by atoms with Gasteiger partial charge in [0, 0.05) is 11.0 Å². The Morgan fingerprint density at radius 3 is 2.60 bits per heavy atom. The van der Waals surface area contributed by atoms with E-state index < -0.39 is 0 Å². The summed E-state index contributed by atoms with van der Waals surface area (Å²) in [5.74, 6) is 0.955. The van der Waals surface area contributed by atoms with E-state index in [1.807, 2.05) is 12.1 Å². The Morgan fingerprint density at radius 2 is 1.85 bits per heavy atom. The topological polar surface area (TPSA) is 12.5 Å². The molecule has 0 aromatic heterocycles. The minimum atomic E-state index is 0.444. The van der Waals surface area contributed by atoms with Crippen LogP contribution in [0.25, 0.3) is 0 Å². The van der Waals surface area contributed by atoms with Crippen molar-refractivity contribution in [3.63, 3.8) is 0 Å². The molecule has 2 aromatic rings. The summed E-state index contributed by atoms with van der Waals surface area (Å²) >= 11 is 3.50. The molecule has 1 fully saturated rings. The molecule has 1 aliphatic rings. The van der Waals surface area contributed by atoms with Gasteiger partial charge in [-0.15, -0.1) is 0 Å². The maximum absolute atomic E-state index is 5.51. The normalized spacial score (nSPS) is 18.3. The quantitative estimate of drug-likeness (QED) is 0.801. The number of halogens is 1. The molecule has 1 heterocycles. The van der Waals surface area contributed by atoms with Crippen LogP contribution in [0.1, 0.15) is 24.4 Å². The number of nitrogens with zero attached hydrogens (tertiary/aromatic N) is 1. The summed E-state index contributed by atoms with van der Waals surface area (Å²) < 4.78 is 6.64. The molecule has 2 aromatic carbocycles. The van der Waals surface area contributed by atoms with E-state index >= 15 is 0 Å². The molecule has 0 saturated carbocycles. The Morgan fingerprint density at radius 1 is 1.10 bits per heavy atom. The van der Waals surface area contributed by atoms with Crippen LogP contribution in [-0.4, -0.2) is 13.7 Å².